The van der Waals surface area contributed by atoms with E-state index in [9.17, 15) is 4.79 Å². The summed E-state index contributed by atoms with van der Waals surface area (Å²) in [6.45, 7) is 4.35. The van der Waals surface area contributed by atoms with E-state index in [1.54, 1.807) is 6.20 Å². The second kappa shape index (κ2) is 5.18. The summed E-state index contributed by atoms with van der Waals surface area (Å²) in [6.07, 6.45) is 1.75. The number of hydrogen-bond acceptors (Lipinski definition) is 3. The van der Waals surface area contributed by atoms with Gasteiger partial charge in [0.25, 0.3) is 0 Å². The minimum Gasteiger partial charge on any atom is -0.330 e. The predicted octanol–water partition coefficient (Wildman–Crippen LogP) is 1.73. The minimum atomic E-state index is -0.164. The number of carbonyl (C=O) groups excluding carboxylic acids is 1. The molecule has 0 radical (unpaired) electrons. The molecule has 0 aliphatic rings. The highest BCUT2D eigenvalue weighted by atomic mass is 16.1. The van der Waals surface area contributed by atoms with Crippen molar-refractivity contribution in [2.45, 2.75) is 13.8 Å². The van der Waals surface area contributed by atoms with Gasteiger partial charge in [-0.05, 0) is 24.1 Å². The lowest BCUT2D eigenvalue weighted by molar-refractivity contribution is -0.120. The summed E-state index contributed by atoms with van der Waals surface area (Å²) in [7, 11) is 0. The molecule has 0 saturated carbocycles. The van der Waals surface area contributed by atoms with Gasteiger partial charge in [0.2, 0.25) is 5.91 Å². The molecule has 4 N–H and O–H groups in total. The molecule has 2 aromatic rings. The second-order valence-electron chi connectivity index (χ2n) is 4.75. The Balaban J connectivity index is 2.15. The molecule has 96 valence electrons. The van der Waals surface area contributed by atoms with Crippen molar-refractivity contribution in [3.8, 4) is 0 Å². The average molecular weight is 246 g/mol. The third-order valence-corrected chi connectivity index (χ3v) is 3.10. The maximum absolute atomic E-state index is 12.0. The van der Waals surface area contributed by atoms with Crippen molar-refractivity contribution in [1.82, 2.24) is 10.2 Å². The third kappa shape index (κ3) is 2.51. The molecule has 1 heterocycles. The number of anilines is 1. The lowest BCUT2D eigenvalue weighted by atomic mass is 9.95. The van der Waals surface area contributed by atoms with E-state index < -0.39 is 0 Å². The molecule has 1 unspecified atom stereocenters. The number of fused-ring (bicyclic) bond motifs is 1. The van der Waals surface area contributed by atoms with Gasteiger partial charge in [0.05, 0.1) is 17.6 Å². The number of H-pyrrole nitrogens is 1. The molecule has 0 bridgehead atoms. The fourth-order valence-corrected chi connectivity index (χ4v) is 1.93. The zero-order chi connectivity index (χ0) is 13.1. The van der Waals surface area contributed by atoms with Gasteiger partial charge in [0.15, 0.2) is 0 Å². The van der Waals surface area contributed by atoms with Gasteiger partial charge in [0.1, 0.15) is 0 Å². The molecule has 0 aliphatic carbocycles. The predicted molar refractivity (Wildman–Crippen MR) is 72.1 cm³/mol. The van der Waals surface area contributed by atoms with Crippen LogP contribution in [0.5, 0.6) is 0 Å². The highest BCUT2D eigenvalue weighted by molar-refractivity contribution is 5.95. The summed E-state index contributed by atoms with van der Waals surface area (Å²) in [5, 5.41) is 10.7. The molecule has 0 fully saturated rings. The van der Waals surface area contributed by atoms with Gasteiger partial charge in [-0.15, -0.1) is 0 Å². The Labute approximate surface area is 106 Å². The van der Waals surface area contributed by atoms with Gasteiger partial charge < -0.3 is 11.1 Å². The second-order valence-corrected chi connectivity index (χ2v) is 4.75. The van der Waals surface area contributed by atoms with E-state index in [-0.39, 0.29) is 17.7 Å². The molecule has 1 aromatic heterocycles. The van der Waals surface area contributed by atoms with E-state index in [0.717, 1.165) is 16.6 Å². The van der Waals surface area contributed by atoms with Gasteiger partial charge in [0, 0.05) is 17.6 Å². The zero-order valence-electron chi connectivity index (χ0n) is 10.6. The summed E-state index contributed by atoms with van der Waals surface area (Å²) in [5.41, 5.74) is 7.29. The normalized spacial score (nSPS) is 12.9. The van der Waals surface area contributed by atoms with Crippen molar-refractivity contribution in [3.63, 3.8) is 0 Å². The third-order valence-electron chi connectivity index (χ3n) is 3.10. The minimum absolute atomic E-state index is 0.0358. The van der Waals surface area contributed by atoms with Crippen LogP contribution in [0.3, 0.4) is 0 Å². The standard InChI is InChI=1S/C13H18N4O/c1-8(2)11(6-14)13(18)16-10-4-3-9-7-15-17-12(9)5-10/h3-5,7-8,11H,6,14H2,1-2H3,(H,15,17)(H,16,18). The first-order valence-electron chi connectivity index (χ1n) is 6.06. The number of nitrogens with zero attached hydrogens (tertiary/aromatic N) is 1. The van der Waals surface area contributed by atoms with Gasteiger partial charge in [-0.3, -0.25) is 9.89 Å². The Kier molecular flexibility index (Phi) is 3.62. The Hall–Kier alpha value is -1.88. The van der Waals surface area contributed by atoms with Crippen molar-refractivity contribution in [2.24, 2.45) is 17.6 Å². The molecule has 18 heavy (non-hydrogen) atoms. The van der Waals surface area contributed by atoms with Crippen LogP contribution in [-0.4, -0.2) is 22.6 Å². The van der Waals surface area contributed by atoms with E-state index >= 15 is 0 Å². The summed E-state index contributed by atoms with van der Waals surface area (Å²) in [6, 6.07) is 5.65. The molecule has 0 spiro atoms. The highest BCUT2D eigenvalue weighted by Gasteiger charge is 2.20. The molecule has 1 atom stereocenters. The number of benzene rings is 1. The number of aromatic nitrogens is 2. The molecule has 1 amide bonds. The van der Waals surface area contributed by atoms with Gasteiger partial charge in [-0.2, -0.15) is 5.10 Å². The van der Waals surface area contributed by atoms with Crippen molar-refractivity contribution in [1.29, 1.82) is 0 Å². The van der Waals surface area contributed by atoms with E-state index in [0.29, 0.717) is 6.54 Å². The fraction of sp³-hybridized carbons (Fsp3) is 0.385. The van der Waals surface area contributed by atoms with Crippen LogP contribution in [0.4, 0.5) is 5.69 Å². The van der Waals surface area contributed by atoms with Crippen LogP contribution in [0.15, 0.2) is 24.4 Å². The van der Waals surface area contributed by atoms with Gasteiger partial charge in [-0.25, -0.2) is 0 Å². The number of carbonyl (C=O) groups is 1. The van der Waals surface area contributed by atoms with E-state index in [2.05, 4.69) is 15.5 Å². The molecule has 5 heteroatoms. The number of nitrogens with one attached hydrogen (secondary N) is 2. The van der Waals surface area contributed by atoms with Crippen LogP contribution >= 0.6 is 0 Å². The number of hydrogen-bond donors (Lipinski definition) is 3. The molecule has 0 saturated heterocycles. The van der Waals surface area contributed by atoms with Gasteiger partial charge in [-0.1, -0.05) is 13.8 Å². The molecule has 1 aromatic carbocycles. The molecule has 2 rings (SSSR count). The number of amides is 1. The molecule has 0 aliphatic heterocycles. The van der Waals surface area contributed by atoms with E-state index in [1.807, 2.05) is 32.0 Å². The van der Waals surface area contributed by atoms with Crippen LogP contribution in [0.1, 0.15) is 13.8 Å². The van der Waals surface area contributed by atoms with E-state index in [1.165, 1.54) is 0 Å². The van der Waals surface area contributed by atoms with Crippen molar-refractivity contribution >= 4 is 22.5 Å². The van der Waals surface area contributed by atoms with Crippen LogP contribution in [0.25, 0.3) is 10.9 Å². The quantitative estimate of drug-likeness (QED) is 0.768. The van der Waals surface area contributed by atoms with Crippen LogP contribution in [0, 0.1) is 11.8 Å². The van der Waals surface area contributed by atoms with Gasteiger partial charge >= 0.3 is 0 Å². The first-order chi connectivity index (χ1) is 8.61. The zero-order valence-corrected chi connectivity index (χ0v) is 10.6. The Bertz CT molecular complexity index is 547. The first kappa shape index (κ1) is 12.6. The molecular weight excluding hydrogens is 228 g/mol. The van der Waals surface area contributed by atoms with Crippen LogP contribution < -0.4 is 11.1 Å². The van der Waals surface area contributed by atoms with E-state index in [4.69, 9.17) is 5.73 Å². The smallest absolute Gasteiger partial charge is 0.229 e. The highest BCUT2D eigenvalue weighted by Crippen LogP contribution is 2.18. The number of rotatable bonds is 4. The Morgan fingerprint density at radius 2 is 2.28 bits per heavy atom. The number of aromatic amines is 1. The Morgan fingerprint density at radius 1 is 1.50 bits per heavy atom. The average Bonchev–Trinajstić information content (AvgIpc) is 2.76. The van der Waals surface area contributed by atoms with Crippen LogP contribution in [-0.2, 0) is 4.79 Å². The summed E-state index contributed by atoms with van der Waals surface area (Å²) < 4.78 is 0. The maximum Gasteiger partial charge on any atom is 0.229 e. The largest absolute Gasteiger partial charge is 0.330 e. The fourth-order valence-electron chi connectivity index (χ4n) is 1.93. The maximum atomic E-state index is 12.0. The summed E-state index contributed by atoms with van der Waals surface area (Å²) >= 11 is 0. The van der Waals surface area contributed by atoms with Crippen molar-refractivity contribution in [3.05, 3.63) is 24.4 Å². The lowest BCUT2D eigenvalue weighted by Gasteiger charge is -2.18. The lowest BCUT2D eigenvalue weighted by Crippen LogP contribution is -2.33. The van der Waals surface area contributed by atoms with Crippen molar-refractivity contribution < 1.29 is 4.79 Å². The number of nitrogens with two attached hydrogens (primary N) is 1. The SMILES string of the molecule is CC(C)C(CN)C(=O)Nc1ccc2cn[nH]c2c1. The van der Waals surface area contributed by atoms with Crippen LogP contribution in [0.2, 0.25) is 0 Å². The first-order valence-corrected chi connectivity index (χ1v) is 6.06. The molecule has 5 nitrogen and oxygen atoms in total. The Morgan fingerprint density at radius 3 is 2.94 bits per heavy atom. The van der Waals surface area contributed by atoms with Crippen molar-refractivity contribution in [2.75, 3.05) is 11.9 Å². The summed E-state index contributed by atoms with van der Waals surface area (Å²) in [4.78, 5) is 12.0. The molecular formula is C13H18N4O. The summed E-state index contributed by atoms with van der Waals surface area (Å²) in [5.74, 6) is 0.0275. The monoisotopic (exact) mass is 246 g/mol. The topological polar surface area (TPSA) is 83.8 Å².